The van der Waals surface area contributed by atoms with E-state index in [0.717, 1.165) is 55.8 Å². The van der Waals surface area contributed by atoms with Gasteiger partial charge in [0.1, 0.15) is 0 Å². The molecule has 2 saturated heterocycles. The number of hydrogen-bond acceptors (Lipinski definition) is 4. The SMILES string of the molecule is C=C(N)c1ccc(C)c(C(CNCC2CCC2C(/C=C/CC)N2CCN3CCCCC3C2)c2ccc(C)cc2CCC)c1. The molecule has 0 aromatic heterocycles. The quantitative estimate of drug-likeness (QED) is 0.241. The number of aryl methyl sites for hydroxylation is 3. The van der Waals surface area contributed by atoms with E-state index in [1.54, 1.807) is 0 Å². The molecule has 0 radical (unpaired) electrons. The fourth-order valence-electron chi connectivity index (χ4n) is 8.14. The lowest BCUT2D eigenvalue weighted by Crippen LogP contribution is -2.59. The van der Waals surface area contributed by atoms with E-state index in [1.165, 1.54) is 86.1 Å². The van der Waals surface area contributed by atoms with Gasteiger partial charge in [-0.25, -0.2) is 0 Å². The van der Waals surface area contributed by atoms with E-state index in [9.17, 15) is 0 Å². The van der Waals surface area contributed by atoms with Crippen molar-refractivity contribution < 1.29 is 0 Å². The van der Waals surface area contributed by atoms with Crippen LogP contribution < -0.4 is 11.1 Å². The van der Waals surface area contributed by atoms with Crippen LogP contribution in [0.25, 0.3) is 5.70 Å². The number of allylic oxidation sites excluding steroid dienone is 1. The summed E-state index contributed by atoms with van der Waals surface area (Å²) in [4.78, 5) is 5.63. The Bertz CT molecular complexity index is 1250. The van der Waals surface area contributed by atoms with Gasteiger partial charge in [-0.05, 0) is 111 Å². The van der Waals surface area contributed by atoms with Crippen LogP contribution in [0.4, 0.5) is 0 Å². The van der Waals surface area contributed by atoms with E-state index in [4.69, 9.17) is 5.73 Å². The number of fused-ring (bicyclic) bond motifs is 1. The molecule has 5 unspecified atom stereocenters. The van der Waals surface area contributed by atoms with Crippen molar-refractivity contribution in [2.45, 2.75) is 97.1 Å². The number of hydrogen-bond donors (Lipinski definition) is 2. The van der Waals surface area contributed by atoms with Crippen LogP contribution in [0.2, 0.25) is 0 Å². The van der Waals surface area contributed by atoms with Crippen LogP contribution in [-0.2, 0) is 6.42 Å². The molecule has 0 amide bonds. The van der Waals surface area contributed by atoms with Crippen molar-refractivity contribution in [3.05, 3.63) is 88.5 Å². The summed E-state index contributed by atoms with van der Waals surface area (Å²) in [6.45, 7) is 20.2. The van der Waals surface area contributed by atoms with Gasteiger partial charge in [0.15, 0.2) is 0 Å². The Labute approximate surface area is 262 Å². The van der Waals surface area contributed by atoms with Gasteiger partial charge in [0.05, 0.1) is 0 Å². The largest absolute Gasteiger partial charge is 0.399 e. The van der Waals surface area contributed by atoms with E-state index in [0.29, 0.717) is 11.7 Å². The standard InChI is InChI=1S/C39H58N4/c1-6-8-13-39(43-22-21-42-20-10-9-12-34(42)27-43)36-19-17-33(36)25-41-26-38(35-18-14-28(3)23-32(35)11-7-2)37-24-31(30(5)40)16-15-29(37)4/h8,13-16,18,23-24,33-34,36,38-39,41H,5-7,9-12,17,19-22,25-27,40H2,1-4H3/b13-8+. The molecule has 5 rings (SSSR count). The number of benzene rings is 2. The molecular weight excluding hydrogens is 524 g/mol. The van der Waals surface area contributed by atoms with Gasteiger partial charge in [-0.3, -0.25) is 9.80 Å². The maximum absolute atomic E-state index is 6.19. The summed E-state index contributed by atoms with van der Waals surface area (Å²) >= 11 is 0. The van der Waals surface area contributed by atoms with Crippen molar-refractivity contribution in [2.75, 3.05) is 39.3 Å². The van der Waals surface area contributed by atoms with Crippen LogP contribution in [0.15, 0.2) is 55.1 Å². The summed E-state index contributed by atoms with van der Waals surface area (Å²) in [5.74, 6) is 1.78. The molecular formula is C39H58N4. The first kappa shape index (κ1) is 32.0. The minimum Gasteiger partial charge on any atom is -0.399 e. The molecule has 4 nitrogen and oxygen atoms in total. The second kappa shape index (κ2) is 15.1. The van der Waals surface area contributed by atoms with Gasteiger partial charge in [-0.1, -0.05) is 81.3 Å². The van der Waals surface area contributed by atoms with Crippen LogP contribution in [0.3, 0.4) is 0 Å². The molecule has 0 bridgehead atoms. The molecule has 2 heterocycles. The molecule has 5 atom stereocenters. The summed E-state index contributed by atoms with van der Waals surface area (Å²) in [6, 6.07) is 15.1. The normalized spacial score (nSPS) is 24.4. The highest BCUT2D eigenvalue weighted by Crippen LogP contribution is 2.40. The fraction of sp³-hybridized carbons (Fsp3) is 0.590. The average molecular weight is 583 g/mol. The Morgan fingerprint density at radius 1 is 1.02 bits per heavy atom. The summed E-state index contributed by atoms with van der Waals surface area (Å²) in [6.07, 6.45) is 15.3. The van der Waals surface area contributed by atoms with Gasteiger partial charge in [-0.15, -0.1) is 0 Å². The first-order chi connectivity index (χ1) is 20.9. The third-order valence-corrected chi connectivity index (χ3v) is 10.7. The van der Waals surface area contributed by atoms with Gasteiger partial charge in [0, 0.05) is 49.9 Å². The molecule has 4 heteroatoms. The molecule has 0 spiro atoms. The minimum absolute atomic E-state index is 0.287. The molecule has 3 N–H and O–H groups in total. The van der Waals surface area contributed by atoms with Crippen molar-refractivity contribution >= 4 is 5.70 Å². The molecule has 3 aliphatic rings. The minimum atomic E-state index is 0.287. The Morgan fingerprint density at radius 3 is 2.63 bits per heavy atom. The van der Waals surface area contributed by atoms with Crippen molar-refractivity contribution in [1.29, 1.82) is 0 Å². The smallest absolute Gasteiger partial charge is 0.0314 e. The van der Waals surface area contributed by atoms with Crippen LogP contribution in [0, 0.1) is 25.7 Å². The first-order valence-electron chi connectivity index (χ1n) is 17.4. The molecule has 43 heavy (non-hydrogen) atoms. The van der Waals surface area contributed by atoms with Crippen LogP contribution in [-0.4, -0.2) is 61.2 Å². The topological polar surface area (TPSA) is 44.5 Å². The molecule has 1 aliphatic carbocycles. The predicted molar refractivity (Wildman–Crippen MR) is 185 cm³/mol. The molecule has 2 aliphatic heterocycles. The summed E-state index contributed by atoms with van der Waals surface area (Å²) in [5.41, 5.74) is 14.9. The predicted octanol–water partition coefficient (Wildman–Crippen LogP) is 7.44. The van der Waals surface area contributed by atoms with Gasteiger partial charge < -0.3 is 11.1 Å². The Kier molecular flexibility index (Phi) is 11.2. The highest BCUT2D eigenvalue weighted by Gasteiger charge is 2.41. The third-order valence-electron chi connectivity index (χ3n) is 10.7. The number of nitrogens with two attached hydrogens (primary N) is 1. The lowest BCUT2D eigenvalue weighted by Gasteiger charge is -2.51. The lowest BCUT2D eigenvalue weighted by molar-refractivity contribution is -0.00251. The third kappa shape index (κ3) is 7.64. The van der Waals surface area contributed by atoms with Gasteiger partial charge in [0.2, 0.25) is 0 Å². The van der Waals surface area contributed by atoms with E-state index < -0.39 is 0 Å². The van der Waals surface area contributed by atoms with E-state index in [-0.39, 0.29) is 5.92 Å². The number of piperidine rings is 1. The lowest BCUT2D eigenvalue weighted by atomic mass is 9.68. The number of piperazine rings is 1. The van der Waals surface area contributed by atoms with E-state index in [2.05, 4.69) is 97.9 Å². The van der Waals surface area contributed by atoms with Crippen molar-refractivity contribution in [3.8, 4) is 0 Å². The monoisotopic (exact) mass is 582 g/mol. The van der Waals surface area contributed by atoms with E-state index >= 15 is 0 Å². The Morgan fingerprint density at radius 2 is 1.88 bits per heavy atom. The molecule has 3 fully saturated rings. The zero-order valence-electron chi connectivity index (χ0n) is 27.6. The van der Waals surface area contributed by atoms with Gasteiger partial charge >= 0.3 is 0 Å². The average Bonchev–Trinajstić information content (AvgIpc) is 2.99. The number of rotatable bonds is 13. The van der Waals surface area contributed by atoms with Crippen molar-refractivity contribution in [2.24, 2.45) is 17.6 Å². The highest BCUT2D eigenvalue weighted by atomic mass is 15.3. The van der Waals surface area contributed by atoms with Crippen molar-refractivity contribution in [3.63, 3.8) is 0 Å². The maximum Gasteiger partial charge on any atom is 0.0314 e. The highest BCUT2D eigenvalue weighted by molar-refractivity contribution is 5.62. The van der Waals surface area contributed by atoms with Crippen LogP contribution in [0.1, 0.15) is 98.1 Å². The number of nitrogens with zero attached hydrogens (tertiary/aromatic N) is 2. The Hall–Kier alpha value is -2.40. The number of nitrogens with one attached hydrogen (secondary N) is 1. The Balaban J connectivity index is 1.32. The second-order valence-corrected chi connectivity index (χ2v) is 13.8. The van der Waals surface area contributed by atoms with Crippen LogP contribution in [0.5, 0.6) is 0 Å². The fourth-order valence-corrected chi connectivity index (χ4v) is 8.14. The summed E-state index contributed by atoms with van der Waals surface area (Å²) in [7, 11) is 0. The second-order valence-electron chi connectivity index (χ2n) is 13.8. The molecule has 1 saturated carbocycles. The molecule has 2 aromatic rings. The van der Waals surface area contributed by atoms with E-state index in [1.807, 2.05) is 0 Å². The summed E-state index contributed by atoms with van der Waals surface area (Å²) < 4.78 is 0. The zero-order chi connectivity index (χ0) is 30.3. The first-order valence-corrected chi connectivity index (χ1v) is 17.4. The molecule has 234 valence electrons. The van der Waals surface area contributed by atoms with Gasteiger partial charge in [0.25, 0.3) is 0 Å². The van der Waals surface area contributed by atoms with Crippen LogP contribution >= 0.6 is 0 Å². The zero-order valence-corrected chi connectivity index (χ0v) is 27.6. The maximum atomic E-state index is 6.19. The molecule has 2 aromatic carbocycles. The van der Waals surface area contributed by atoms with Gasteiger partial charge in [-0.2, -0.15) is 0 Å². The van der Waals surface area contributed by atoms with Crippen molar-refractivity contribution in [1.82, 2.24) is 15.1 Å². The summed E-state index contributed by atoms with van der Waals surface area (Å²) in [5, 5.41) is 4.03.